The van der Waals surface area contributed by atoms with Crippen LogP contribution >= 0.6 is 23.2 Å². The number of benzene rings is 1. The van der Waals surface area contributed by atoms with E-state index in [2.05, 4.69) is 22.8 Å². The lowest BCUT2D eigenvalue weighted by molar-refractivity contribution is -0.140. The zero-order chi connectivity index (χ0) is 25.7. The number of fused-ring (bicyclic) bond motifs is 1. The highest BCUT2D eigenvalue weighted by Crippen LogP contribution is 2.34. The summed E-state index contributed by atoms with van der Waals surface area (Å²) in [4.78, 5) is 29.1. The number of aryl methyl sites for hydroxylation is 2. The van der Waals surface area contributed by atoms with Gasteiger partial charge in [-0.3, -0.25) is 4.79 Å². The van der Waals surface area contributed by atoms with Gasteiger partial charge >= 0.3 is 5.97 Å². The van der Waals surface area contributed by atoms with Crippen LogP contribution in [0.5, 0.6) is 0 Å². The van der Waals surface area contributed by atoms with E-state index in [9.17, 15) is 14.7 Å². The van der Waals surface area contributed by atoms with Crippen molar-refractivity contribution in [1.29, 1.82) is 5.26 Å². The predicted molar refractivity (Wildman–Crippen MR) is 137 cm³/mol. The fraction of sp³-hybridized carbons (Fsp3) is 0.462. The first-order valence-electron chi connectivity index (χ1n) is 12.1. The van der Waals surface area contributed by atoms with Gasteiger partial charge < -0.3 is 20.5 Å². The molecule has 8 nitrogen and oxygen atoms in total. The van der Waals surface area contributed by atoms with Crippen molar-refractivity contribution in [3.8, 4) is 6.07 Å². The van der Waals surface area contributed by atoms with Crippen molar-refractivity contribution in [3.63, 3.8) is 0 Å². The molecular weight excluding hydrogens is 503 g/mol. The maximum Gasteiger partial charge on any atom is 0.326 e. The Labute approximate surface area is 220 Å². The molecule has 0 bridgehead atoms. The highest BCUT2D eigenvalue weighted by molar-refractivity contribution is 6.40. The van der Waals surface area contributed by atoms with Crippen molar-refractivity contribution >= 4 is 40.9 Å². The third-order valence-electron chi connectivity index (χ3n) is 6.76. The largest absolute Gasteiger partial charge is 0.480 e. The number of carboxylic acids is 1. The number of anilines is 1. The van der Waals surface area contributed by atoms with Crippen LogP contribution in [0.25, 0.3) is 0 Å². The van der Waals surface area contributed by atoms with Gasteiger partial charge in [0.05, 0.1) is 27.3 Å². The molecule has 190 valence electrons. The SMILES string of the molecule is N#Cc1ccc(Cl)c(C(=O)NC(CCOC2CC(CCc3ccc4c(n3)NCCC4)C2)C(=O)O)c1Cl. The van der Waals surface area contributed by atoms with Crippen LogP contribution in [0.4, 0.5) is 5.82 Å². The number of ether oxygens (including phenoxy) is 1. The summed E-state index contributed by atoms with van der Waals surface area (Å²) in [6.45, 7) is 1.18. The number of hydrogen-bond donors (Lipinski definition) is 3. The third-order valence-corrected chi connectivity index (χ3v) is 7.46. The minimum atomic E-state index is -1.19. The maximum absolute atomic E-state index is 12.6. The van der Waals surface area contributed by atoms with Gasteiger partial charge in [0.1, 0.15) is 17.9 Å². The van der Waals surface area contributed by atoms with Crippen LogP contribution in [0.3, 0.4) is 0 Å². The van der Waals surface area contributed by atoms with Gasteiger partial charge in [0.2, 0.25) is 0 Å². The molecule has 1 amide bonds. The molecule has 10 heteroatoms. The number of hydrogen-bond acceptors (Lipinski definition) is 6. The average Bonchev–Trinajstić information content (AvgIpc) is 2.84. The van der Waals surface area contributed by atoms with Crippen LogP contribution < -0.4 is 10.6 Å². The Bertz CT molecular complexity index is 1180. The molecule has 3 N–H and O–H groups in total. The van der Waals surface area contributed by atoms with Gasteiger partial charge in [-0.15, -0.1) is 0 Å². The summed E-state index contributed by atoms with van der Waals surface area (Å²) in [6, 6.07) is 7.78. The van der Waals surface area contributed by atoms with E-state index >= 15 is 0 Å². The smallest absolute Gasteiger partial charge is 0.326 e. The summed E-state index contributed by atoms with van der Waals surface area (Å²) in [5, 5.41) is 24.4. The number of rotatable bonds is 10. The monoisotopic (exact) mass is 530 g/mol. The molecule has 1 saturated carbocycles. The van der Waals surface area contributed by atoms with Crippen molar-refractivity contribution in [2.45, 2.75) is 57.1 Å². The molecular formula is C26H28Cl2N4O4. The van der Waals surface area contributed by atoms with Crippen molar-refractivity contribution in [1.82, 2.24) is 10.3 Å². The quantitative estimate of drug-likeness (QED) is 0.409. The molecule has 1 unspecified atom stereocenters. The zero-order valence-electron chi connectivity index (χ0n) is 19.7. The normalized spacial score (nSPS) is 19.2. The second kappa shape index (κ2) is 11.9. The molecule has 0 spiro atoms. The summed E-state index contributed by atoms with van der Waals surface area (Å²) in [7, 11) is 0. The molecule has 2 heterocycles. The van der Waals surface area contributed by atoms with Gasteiger partial charge in [0.15, 0.2) is 0 Å². The molecule has 1 aliphatic carbocycles. The molecule has 2 aliphatic rings. The van der Waals surface area contributed by atoms with Gasteiger partial charge in [0, 0.05) is 25.3 Å². The molecule has 1 atom stereocenters. The first-order valence-corrected chi connectivity index (χ1v) is 12.9. The molecule has 1 aromatic carbocycles. The molecule has 1 fully saturated rings. The number of nitrogens with one attached hydrogen (secondary N) is 2. The van der Waals surface area contributed by atoms with Gasteiger partial charge in [-0.25, -0.2) is 9.78 Å². The number of halogens is 2. The summed E-state index contributed by atoms with van der Waals surface area (Å²) >= 11 is 12.2. The highest BCUT2D eigenvalue weighted by atomic mass is 35.5. The van der Waals surface area contributed by atoms with E-state index in [0.717, 1.165) is 56.6 Å². The van der Waals surface area contributed by atoms with E-state index in [-0.39, 0.29) is 40.3 Å². The van der Waals surface area contributed by atoms with Crippen molar-refractivity contribution in [2.75, 3.05) is 18.5 Å². The van der Waals surface area contributed by atoms with E-state index in [1.165, 1.54) is 17.7 Å². The zero-order valence-corrected chi connectivity index (χ0v) is 21.2. The first kappa shape index (κ1) is 26.2. The molecule has 2 aromatic rings. The van der Waals surface area contributed by atoms with E-state index in [1.54, 1.807) is 0 Å². The highest BCUT2D eigenvalue weighted by Gasteiger charge is 2.30. The van der Waals surface area contributed by atoms with Crippen LogP contribution in [0.15, 0.2) is 24.3 Å². The van der Waals surface area contributed by atoms with Crippen LogP contribution in [-0.4, -0.2) is 47.3 Å². The summed E-state index contributed by atoms with van der Waals surface area (Å²) in [6.07, 6.45) is 6.26. The van der Waals surface area contributed by atoms with E-state index in [4.69, 9.17) is 38.2 Å². The Hall–Kier alpha value is -2.86. The number of pyridine rings is 1. The molecule has 4 rings (SSSR count). The lowest BCUT2D eigenvalue weighted by Crippen LogP contribution is -2.42. The summed E-state index contributed by atoms with van der Waals surface area (Å²) in [5.74, 6) is -0.346. The topological polar surface area (TPSA) is 124 Å². The summed E-state index contributed by atoms with van der Waals surface area (Å²) in [5.41, 5.74) is 2.36. The van der Waals surface area contributed by atoms with Crippen LogP contribution in [0.1, 0.15) is 59.3 Å². The Morgan fingerprint density at radius 1 is 1.28 bits per heavy atom. The van der Waals surface area contributed by atoms with E-state index in [1.807, 2.05) is 6.07 Å². The van der Waals surface area contributed by atoms with Crippen LogP contribution in [0, 0.1) is 17.2 Å². The van der Waals surface area contributed by atoms with Crippen molar-refractivity contribution < 1.29 is 19.4 Å². The van der Waals surface area contributed by atoms with Gasteiger partial charge in [-0.1, -0.05) is 29.3 Å². The minimum absolute atomic E-state index is 0.0410. The number of nitriles is 1. The fourth-order valence-electron chi connectivity index (χ4n) is 4.59. The first-order chi connectivity index (χ1) is 17.4. The number of aliphatic carboxylic acids is 1. The molecule has 0 radical (unpaired) electrons. The number of amides is 1. The second-order valence-electron chi connectivity index (χ2n) is 9.26. The molecule has 1 aromatic heterocycles. The Morgan fingerprint density at radius 2 is 2.08 bits per heavy atom. The minimum Gasteiger partial charge on any atom is -0.480 e. The molecule has 0 saturated heterocycles. The predicted octanol–water partition coefficient (Wildman–Crippen LogP) is 4.62. The van der Waals surface area contributed by atoms with Crippen LogP contribution in [-0.2, 0) is 22.4 Å². The molecule has 1 aliphatic heterocycles. The maximum atomic E-state index is 12.6. The molecule has 36 heavy (non-hydrogen) atoms. The van der Waals surface area contributed by atoms with Gasteiger partial charge in [0.25, 0.3) is 5.91 Å². The Kier molecular flexibility index (Phi) is 8.68. The lowest BCUT2D eigenvalue weighted by atomic mass is 9.79. The number of carboxylic acid groups (broad SMARTS) is 1. The third kappa shape index (κ3) is 6.28. The Morgan fingerprint density at radius 3 is 2.83 bits per heavy atom. The Balaban J connectivity index is 1.19. The summed E-state index contributed by atoms with van der Waals surface area (Å²) < 4.78 is 5.85. The second-order valence-corrected chi connectivity index (χ2v) is 10.0. The number of aromatic nitrogens is 1. The number of carbonyl (C=O) groups excluding carboxylic acids is 1. The lowest BCUT2D eigenvalue weighted by Gasteiger charge is -2.35. The van der Waals surface area contributed by atoms with Crippen LogP contribution in [0.2, 0.25) is 10.0 Å². The van der Waals surface area contributed by atoms with Crippen molar-refractivity contribution in [3.05, 3.63) is 56.7 Å². The van der Waals surface area contributed by atoms with E-state index in [0.29, 0.717) is 5.92 Å². The average molecular weight is 531 g/mol. The fourth-order valence-corrected chi connectivity index (χ4v) is 5.18. The van der Waals surface area contributed by atoms with E-state index < -0.39 is 17.9 Å². The number of nitrogens with zero attached hydrogens (tertiary/aromatic N) is 2. The van der Waals surface area contributed by atoms with Gasteiger partial charge in [-0.05, 0) is 68.2 Å². The van der Waals surface area contributed by atoms with Crippen molar-refractivity contribution in [2.24, 2.45) is 5.92 Å². The number of carbonyl (C=O) groups is 2. The van der Waals surface area contributed by atoms with Gasteiger partial charge in [-0.2, -0.15) is 5.26 Å². The standard InChI is InChI=1S/C26H28Cl2N4O4/c27-20-8-5-17(14-29)23(28)22(20)25(33)32-21(26(34)35)9-11-36-19-12-15(13-19)3-6-18-7-4-16-2-1-10-30-24(16)31-18/h4-5,7-8,15,19,21H,1-3,6,9-13H2,(H,30,31)(H,32,33)(H,34,35).